The summed E-state index contributed by atoms with van der Waals surface area (Å²) in [6.07, 6.45) is 4.04. The Kier molecular flexibility index (Phi) is 7.53. The van der Waals surface area contributed by atoms with Crippen LogP contribution in [0.3, 0.4) is 0 Å². The van der Waals surface area contributed by atoms with E-state index < -0.39 is 16.8 Å². The SMILES string of the molecule is C.O=S(c1ccc(O)cc1F)N1CCC(Cc2cc(-c3ccccc3O)nc3c(Br)cnn23)CC1. The van der Waals surface area contributed by atoms with Crippen molar-refractivity contribution in [1.29, 1.82) is 0 Å². The van der Waals surface area contributed by atoms with Crippen molar-refractivity contribution in [1.82, 2.24) is 18.9 Å². The van der Waals surface area contributed by atoms with E-state index in [1.807, 2.05) is 22.7 Å². The fourth-order valence-electron chi connectivity index (χ4n) is 4.32. The van der Waals surface area contributed by atoms with Crippen molar-refractivity contribution in [3.63, 3.8) is 0 Å². The number of phenolic OH excluding ortho intramolecular Hbond substituents is 2. The van der Waals surface area contributed by atoms with Crippen LogP contribution in [-0.4, -0.2) is 46.4 Å². The number of fused-ring (bicyclic) bond motifs is 1. The molecule has 1 atom stereocenters. The highest BCUT2D eigenvalue weighted by Gasteiger charge is 2.26. The molecule has 2 N–H and O–H groups in total. The highest BCUT2D eigenvalue weighted by Crippen LogP contribution is 2.32. The van der Waals surface area contributed by atoms with Crippen LogP contribution in [0.1, 0.15) is 26.0 Å². The number of halogens is 2. The molecule has 0 bridgehead atoms. The third-order valence-corrected chi connectivity index (χ3v) is 8.19. The van der Waals surface area contributed by atoms with Crippen LogP contribution in [0.25, 0.3) is 16.9 Å². The van der Waals surface area contributed by atoms with E-state index in [1.54, 1.807) is 22.6 Å². The first-order valence-electron chi connectivity index (χ1n) is 10.9. The second-order valence-electron chi connectivity index (χ2n) is 8.32. The highest BCUT2D eigenvalue weighted by atomic mass is 79.9. The quantitative estimate of drug-likeness (QED) is 0.344. The van der Waals surface area contributed by atoms with Crippen LogP contribution in [-0.2, 0) is 17.4 Å². The Labute approximate surface area is 214 Å². The molecular weight excluding hydrogens is 535 g/mol. The maximum atomic E-state index is 14.2. The highest BCUT2D eigenvalue weighted by molar-refractivity contribution is 9.10. The van der Waals surface area contributed by atoms with Crippen LogP contribution in [0, 0.1) is 11.7 Å². The van der Waals surface area contributed by atoms with Crippen LogP contribution in [0.5, 0.6) is 11.5 Å². The summed E-state index contributed by atoms with van der Waals surface area (Å²) in [5.41, 5.74) is 2.97. The zero-order chi connectivity index (χ0) is 23.8. The van der Waals surface area contributed by atoms with Gasteiger partial charge in [-0.2, -0.15) is 5.10 Å². The van der Waals surface area contributed by atoms with Crippen molar-refractivity contribution in [2.75, 3.05) is 13.1 Å². The molecule has 3 heterocycles. The molecule has 35 heavy (non-hydrogen) atoms. The molecule has 7 nitrogen and oxygen atoms in total. The molecule has 1 unspecified atom stereocenters. The minimum absolute atomic E-state index is 0. The van der Waals surface area contributed by atoms with Gasteiger partial charge in [0.15, 0.2) is 5.65 Å². The monoisotopic (exact) mass is 560 g/mol. The number of para-hydroxylation sites is 1. The average Bonchev–Trinajstić information content (AvgIpc) is 3.20. The molecular formula is C25H26BrFN4O3S. The molecule has 1 saturated heterocycles. The van der Waals surface area contributed by atoms with Gasteiger partial charge >= 0.3 is 0 Å². The largest absolute Gasteiger partial charge is 0.508 e. The molecule has 10 heteroatoms. The van der Waals surface area contributed by atoms with Gasteiger partial charge in [0.1, 0.15) is 28.3 Å². The second-order valence-corrected chi connectivity index (χ2v) is 10.6. The average molecular weight is 561 g/mol. The van der Waals surface area contributed by atoms with Gasteiger partial charge in [-0.05, 0) is 71.4 Å². The van der Waals surface area contributed by atoms with Gasteiger partial charge in [0, 0.05) is 30.4 Å². The fourth-order valence-corrected chi connectivity index (χ4v) is 5.90. The summed E-state index contributed by atoms with van der Waals surface area (Å²) in [7, 11) is -1.62. The maximum Gasteiger partial charge on any atom is 0.170 e. The standard InChI is InChI=1S/C24H22BrFN4O3S.CH4/c25-19-14-27-30-16(12-21(28-24(19)30)18-3-1-2-4-22(18)32)11-15-7-9-29(10-8-15)34(33)23-6-5-17(31)13-20(23)26;/h1-6,12-15,31-32H,7-11H2;1H4. The molecule has 5 rings (SSSR count). The lowest BCUT2D eigenvalue weighted by atomic mass is 9.92. The van der Waals surface area contributed by atoms with Crippen LogP contribution >= 0.6 is 15.9 Å². The van der Waals surface area contributed by atoms with Crippen molar-refractivity contribution in [2.24, 2.45) is 5.92 Å². The van der Waals surface area contributed by atoms with Crippen molar-refractivity contribution in [3.05, 3.63) is 70.7 Å². The fraction of sp³-hybridized carbons (Fsp3) is 0.280. The van der Waals surface area contributed by atoms with E-state index in [4.69, 9.17) is 4.98 Å². The van der Waals surface area contributed by atoms with Crippen LogP contribution < -0.4 is 0 Å². The third-order valence-electron chi connectivity index (χ3n) is 6.09. The zero-order valence-corrected chi connectivity index (χ0v) is 20.5. The van der Waals surface area contributed by atoms with E-state index >= 15 is 0 Å². The summed E-state index contributed by atoms with van der Waals surface area (Å²) in [6.45, 7) is 1.14. The predicted octanol–water partition coefficient (Wildman–Crippen LogP) is 5.32. The van der Waals surface area contributed by atoms with E-state index in [0.29, 0.717) is 35.9 Å². The van der Waals surface area contributed by atoms with Gasteiger partial charge in [-0.25, -0.2) is 22.4 Å². The lowest BCUT2D eigenvalue weighted by Crippen LogP contribution is -2.36. The maximum absolute atomic E-state index is 14.2. The van der Waals surface area contributed by atoms with E-state index in [1.165, 1.54) is 12.1 Å². The van der Waals surface area contributed by atoms with Crippen molar-refractivity contribution < 1.29 is 18.8 Å². The van der Waals surface area contributed by atoms with Crippen molar-refractivity contribution in [3.8, 4) is 22.8 Å². The second kappa shape index (κ2) is 10.4. The Balaban J connectivity index is 0.00000289. The van der Waals surface area contributed by atoms with Gasteiger partial charge in [0.25, 0.3) is 0 Å². The Morgan fingerprint density at radius 1 is 1.11 bits per heavy atom. The normalized spacial score (nSPS) is 15.7. The molecule has 1 fully saturated rings. The molecule has 2 aromatic carbocycles. The molecule has 184 valence electrons. The Morgan fingerprint density at radius 3 is 2.57 bits per heavy atom. The van der Waals surface area contributed by atoms with Crippen LogP contribution in [0.2, 0.25) is 0 Å². The number of rotatable bonds is 5. The molecule has 2 aromatic heterocycles. The predicted molar refractivity (Wildman–Crippen MR) is 137 cm³/mol. The van der Waals surface area contributed by atoms with Gasteiger partial charge in [-0.15, -0.1) is 0 Å². The third kappa shape index (κ3) is 5.10. The number of aromatic hydroxyl groups is 2. The lowest BCUT2D eigenvalue weighted by molar-refractivity contribution is 0.280. The summed E-state index contributed by atoms with van der Waals surface area (Å²) in [6, 6.07) is 12.8. The smallest absolute Gasteiger partial charge is 0.170 e. The molecule has 1 aliphatic rings. The zero-order valence-electron chi connectivity index (χ0n) is 18.1. The Hall–Kier alpha value is -2.82. The number of hydrogen-bond donors (Lipinski definition) is 2. The van der Waals surface area contributed by atoms with Gasteiger partial charge in [-0.3, -0.25) is 0 Å². The van der Waals surface area contributed by atoms with E-state index in [2.05, 4.69) is 21.0 Å². The van der Waals surface area contributed by atoms with Crippen LogP contribution in [0.4, 0.5) is 4.39 Å². The first kappa shape index (κ1) is 25.3. The molecule has 1 aliphatic heterocycles. The number of nitrogens with zero attached hydrogens (tertiary/aromatic N) is 4. The van der Waals surface area contributed by atoms with Crippen LogP contribution in [0.15, 0.2) is 64.1 Å². The van der Waals surface area contributed by atoms with Gasteiger partial charge in [-0.1, -0.05) is 19.6 Å². The topological polar surface area (TPSA) is 91.0 Å². The Bertz CT molecular complexity index is 1390. The summed E-state index contributed by atoms with van der Waals surface area (Å²) in [4.78, 5) is 4.78. The summed E-state index contributed by atoms with van der Waals surface area (Å²) in [5.74, 6) is -0.364. The number of hydrogen-bond acceptors (Lipinski definition) is 5. The molecule has 0 aliphatic carbocycles. The van der Waals surface area contributed by atoms with E-state index in [-0.39, 0.29) is 23.8 Å². The minimum atomic E-state index is -1.62. The molecule has 4 aromatic rings. The minimum Gasteiger partial charge on any atom is -0.508 e. The number of phenols is 2. The molecule has 0 radical (unpaired) electrons. The van der Waals surface area contributed by atoms with E-state index in [9.17, 15) is 18.8 Å². The van der Waals surface area contributed by atoms with Gasteiger partial charge in [0.2, 0.25) is 0 Å². The van der Waals surface area contributed by atoms with Gasteiger partial charge in [0.05, 0.1) is 21.3 Å². The van der Waals surface area contributed by atoms with Crippen molar-refractivity contribution >= 4 is 32.6 Å². The number of aromatic nitrogens is 3. The molecule has 0 amide bonds. The summed E-state index contributed by atoms with van der Waals surface area (Å²) >= 11 is 3.51. The molecule has 0 spiro atoms. The summed E-state index contributed by atoms with van der Waals surface area (Å²) < 4.78 is 31.4. The number of piperidine rings is 1. The molecule has 0 saturated carbocycles. The first-order chi connectivity index (χ1) is 16.4. The van der Waals surface area contributed by atoms with E-state index in [0.717, 1.165) is 35.5 Å². The summed E-state index contributed by atoms with van der Waals surface area (Å²) in [5, 5.41) is 24.2. The van der Waals surface area contributed by atoms with Gasteiger partial charge < -0.3 is 10.2 Å². The number of benzene rings is 2. The van der Waals surface area contributed by atoms with Crippen molar-refractivity contribution in [2.45, 2.75) is 31.6 Å². The first-order valence-corrected chi connectivity index (χ1v) is 12.8. The Morgan fingerprint density at radius 2 is 1.86 bits per heavy atom. The lowest BCUT2D eigenvalue weighted by Gasteiger charge is -2.31.